The van der Waals surface area contributed by atoms with Crippen LogP contribution in [0.3, 0.4) is 0 Å². The van der Waals surface area contributed by atoms with Crippen LogP contribution < -0.4 is 14.8 Å². The Morgan fingerprint density at radius 3 is 2.43 bits per heavy atom. The van der Waals surface area contributed by atoms with Crippen molar-refractivity contribution in [2.75, 3.05) is 7.11 Å². The normalized spacial score (nSPS) is 11.9. The van der Waals surface area contributed by atoms with E-state index in [1.807, 2.05) is 67.7 Å². The molecule has 9 heteroatoms. The minimum Gasteiger partial charge on any atom is -0.496 e. The number of aryl methyl sites for hydroxylation is 1. The van der Waals surface area contributed by atoms with Crippen molar-refractivity contribution in [2.45, 2.75) is 6.92 Å². The lowest BCUT2D eigenvalue weighted by atomic mass is 10.0. The molecule has 0 radical (unpaired) electrons. The van der Waals surface area contributed by atoms with Crippen LogP contribution in [0.1, 0.15) is 11.1 Å². The molecular weight excluding hydrogens is 489 g/mol. The van der Waals surface area contributed by atoms with Gasteiger partial charge in [-0.05, 0) is 73.2 Å². The molecule has 37 heavy (non-hydrogen) atoms. The van der Waals surface area contributed by atoms with Gasteiger partial charge in [0.2, 0.25) is 4.96 Å². The third kappa shape index (κ3) is 4.19. The number of hydrogen-bond donors (Lipinski definition) is 0. The monoisotopic (exact) mass is 509 g/mol. The summed E-state index contributed by atoms with van der Waals surface area (Å²) in [4.78, 5) is 18.2. The lowest BCUT2D eigenvalue weighted by Crippen LogP contribution is -2.23. The molecule has 0 amide bonds. The molecule has 6 aromatic rings. The molecule has 0 saturated heterocycles. The molecule has 0 spiro atoms. The van der Waals surface area contributed by atoms with Crippen molar-refractivity contribution in [1.82, 2.24) is 24.4 Å². The van der Waals surface area contributed by atoms with Crippen molar-refractivity contribution < 1.29 is 9.13 Å². The molecule has 0 aliphatic carbocycles. The van der Waals surface area contributed by atoms with Crippen LogP contribution in [0.25, 0.3) is 39.4 Å². The average Bonchev–Trinajstić information content (AvgIpc) is 3.60. The Morgan fingerprint density at radius 2 is 1.73 bits per heavy atom. The van der Waals surface area contributed by atoms with Gasteiger partial charge in [0.25, 0.3) is 5.56 Å². The maximum absolute atomic E-state index is 13.3. The van der Waals surface area contributed by atoms with Crippen LogP contribution in [0.4, 0.5) is 4.39 Å². The zero-order valence-corrected chi connectivity index (χ0v) is 20.7. The van der Waals surface area contributed by atoms with Crippen LogP contribution in [-0.2, 0) is 0 Å². The van der Waals surface area contributed by atoms with E-state index in [-0.39, 0.29) is 11.4 Å². The van der Waals surface area contributed by atoms with Crippen molar-refractivity contribution in [3.8, 4) is 34.1 Å². The first-order chi connectivity index (χ1) is 18.0. The number of halogens is 1. The van der Waals surface area contributed by atoms with E-state index in [0.29, 0.717) is 20.9 Å². The van der Waals surface area contributed by atoms with E-state index in [4.69, 9.17) is 9.84 Å². The standard InChI is InChI=1S/C28H20FN5O2S/c1-17-14-19(10-13-23(17)36-2)25-20(16-33(31-25)22-6-4-3-5-7-22)15-24-27(35)34-28(37-24)30-26(32-34)18-8-11-21(29)12-9-18/h3-16H,1-2H3. The number of para-hydroxylation sites is 1. The Bertz CT molecular complexity index is 1860. The van der Waals surface area contributed by atoms with E-state index in [1.54, 1.807) is 23.9 Å². The minimum atomic E-state index is -0.343. The molecule has 0 aliphatic heterocycles. The van der Waals surface area contributed by atoms with Crippen molar-refractivity contribution in [3.63, 3.8) is 0 Å². The summed E-state index contributed by atoms with van der Waals surface area (Å²) in [5.41, 5.74) is 4.69. The second-order valence-corrected chi connectivity index (χ2v) is 9.46. The minimum absolute atomic E-state index is 0.273. The number of thiazole rings is 1. The van der Waals surface area contributed by atoms with Crippen LogP contribution in [0.15, 0.2) is 83.8 Å². The summed E-state index contributed by atoms with van der Waals surface area (Å²) in [6, 6.07) is 21.5. The molecule has 0 bridgehead atoms. The van der Waals surface area contributed by atoms with Gasteiger partial charge >= 0.3 is 0 Å². The lowest BCUT2D eigenvalue weighted by Gasteiger charge is -2.06. The smallest absolute Gasteiger partial charge is 0.291 e. The van der Waals surface area contributed by atoms with Gasteiger partial charge in [0.1, 0.15) is 17.3 Å². The summed E-state index contributed by atoms with van der Waals surface area (Å²) in [7, 11) is 1.64. The van der Waals surface area contributed by atoms with E-state index in [2.05, 4.69) is 10.1 Å². The molecule has 0 atom stereocenters. The van der Waals surface area contributed by atoms with Crippen molar-refractivity contribution >= 4 is 22.4 Å². The summed E-state index contributed by atoms with van der Waals surface area (Å²) in [5.74, 6) is 0.826. The fourth-order valence-electron chi connectivity index (χ4n) is 4.15. The quantitative estimate of drug-likeness (QED) is 0.338. The SMILES string of the molecule is COc1ccc(-c2nn(-c3ccccc3)cc2C=c2sc3nc(-c4ccc(F)cc4)nn3c2=O)cc1C. The first kappa shape index (κ1) is 22.8. The Balaban J connectivity index is 1.48. The van der Waals surface area contributed by atoms with Crippen LogP contribution in [-0.4, -0.2) is 31.5 Å². The summed E-state index contributed by atoms with van der Waals surface area (Å²) in [5, 5.41) is 9.22. The molecule has 0 N–H and O–H groups in total. The first-order valence-corrected chi connectivity index (χ1v) is 12.3. The van der Waals surface area contributed by atoms with Gasteiger partial charge in [-0.1, -0.05) is 29.5 Å². The second kappa shape index (κ2) is 9.11. The highest BCUT2D eigenvalue weighted by atomic mass is 32.1. The molecule has 182 valence electrons. The molecule has 7 nitrogen and oxygen atoms in total. The topological polar surface area (TPSA) is 74.3 Å². The number of methoxy groups -OCH3 is 1. The third-order valence-corrected chi connectivity index (χ3v) is 6.96. The molecule has 0 fully saturated rings. The van der Waals surface area contributed by atoms with Gasteiger partial charge in [0.15, 0.2) is 5.82 Å². The molecule has 3 heterocycles. The Hall–Kier alpha value is -4.63. The molecule has 6 rings (SSSR count). The molecular formula is C28H20FN5O2S. The number of benzene rings is 3. The molecule has 0 unspecified atom stereocenters. The number of nitrogens with zero attached hydrogens (tertiary/aromatic N) is 5. The fraction of sp³-hybridized carbons (Fsp3) is 0.0714. The van der Waals surface area contributed by atoms with Gasteiger partial charge in [-0.25, -0.2) is 9.07 Å². The highest BCUT2D eigenvalue weighted by Crippen LogP contribution is 2.29. The zero-order valence-electron chi connectivity index (χ0n) is 19.9. The number of aromatic nitrogens is 5. The Labute approximate surface area is 214 Å². The largest absolute Gasteiger partial charge is 0.496 e. The van der Waals surface area contributed by atoms with Gasteiger partial charge in [0.05, 0.1) is 17.3 Å². The molecule has 3 aromatic carbocycles. The van der Waals surface area contributed by atoms with Gasteiger partial charge in [-0.15, -0.1) is 5.10 Å². The van der Waals surface area contributed by atoms with Crippen LogP contribution >= 0.6 is 11.3 Å². The number of fused-ring (bicyclic) bond motifs is 1. The predicted molar refractivity (Wildman–Crippen MR) is 142 cm³/mol. The van der Waals surface area contributed by atoms with E-state index in [1.165, 1.54) is 28.0 Å². The zero-order chi connectivity index (χ0) is 25.5. The predicted octanol–water partition coefficient (Wildman–Crippen LogP) is 4.67. The van der Waals surface area contributed by atoms with Crippen molar-refractivity contribution in [1.29, 1.82) is 0 Å². The Kier molecular flexibility index (Phi) is 5.61. The fourth-order valence-corrected chi connectivity index (χ4v) is 5.05. The second-order valence-electron chi connectivity index (χ2n) is 8.45. The maximum Gasteiger partial charge on any atom is 0.291 e. The maximum atomic E-state index is 13.3. The Morgan fingerprint density at radius 1 is 0.973 bits per heavy atom. The van der Waals surface area contributed by atoms with E-state index >= 15 is 0 Å². The van der Waals surface area contributed by atoms with E-state index in [0.717, 1.165) is 33.8 Å². The number of rotatable bonds is 5. The van der Waals surface area contributed by atoms with Gasteiger partial charge < -0.3 is 4.74 Å². The highest BCUT2D eigenvalue weighted by molar-refractivity contribution is 7.15. The van der Waals surface area contributed by atoms with Crippen LogP contribution in [0.5, 0.6) is 5.75 Å². The lowest BCUT2D eigenvalue weighted by molar-refractivity contribution is 0.412. The van der Waals surface area contributed by atoms with E-state index in [9.17, 15) is 9.18 Å². The summed E-state index contributed by atoms with van der Waals surface area (Å²) in [6.07, 6.45) is 3.73. The van der Waals surface area contributed by atoms with Crippen LogP contribution in [0, 0.1) is 12.7 Å². The molecule has 0 saturated carbocycles. The van der Waals surface area contributed by atoms with Crippen molar-refractivity contribution in [3.05, 3.63) is 111 Å². The first-order valence-electron chi connectivity index (χ1n) is 11.5. The average molecular weight is 510 g/mol. The van der Waals surface area contributed by atoms with Gasteiger partial charge in [-0.2, -0.15) is 14.6 Å². The molecule has 0 aliphatic rings. The van der Waals surface area contributed by atoms with Crippen molar-refractivity contribution in [2.24, 2.45) is 0 Å². The number of ether oxygens (including phenoxy) is 1. The number of hydrogen-bond acceptors (Lipinski definition) is 6. The van der Waals surface area contributed by atoms with Crippen LogP contribution in [0.2, 0.25) is 0 Å². The summed E-state index contributed by atoms with van der Waals surface area (Å²) < 4.78 is 22.3. The summed E-state index contributed by atoms with van der Waals surface area (Å²) in [6.45, 7) is 1.98. The van der Waals surface area contributed by atoms with E-state index < -0.39 is 0 Å². The van der Waals surface area contributed by atoms with Gasteiger partial charge in [0, 0.05) is 22.9 Å². The van der Waals surface area contributed by atoms with Gasteiger partial charge in [-0.3, -0.25) is 4.79 Å². The summed E-state index contributed by atoms with van der Waals surface area (Å²) >= 11 is 1.25. The highest BCUT2D eigenvalue weighted by Gasteiger charge is 2.16. The molecule has 3 aromatic heterocycles. The third-order valence-electron chi connectivity index (χ3n) is 6.00.